The second-order valence-electron chi connectivity index (χ2n) is 2.19. The third-order valence-electron chi connectivity index (χ3n) is 1.36. The summed E-state index contributed by atoms with van der Waals surface area (Å²) >= 11 is 5.06. The van der Waals surface area contributed by atoms with Gasteiger partial charge in [0, 0.05) is 9.37 Å². The van der Waals surface area contributed by atoms with Crippen LogP contribution in [0.2, 0.25) is 0 Å². The zero-order valence-electron chi connectivity index (χ0n) is 6.67. The lowest BCUT2D eigenvalue weighted by Crippen LogP contribution is -1.81. The highest BCUT2D eigenvalue weighted by atomic mass is 79.9. The van der Waals surface area contributed by atoms with Crippen LogP contribution in [0.25, 0.3) is 0 Å². The second kappa shape index (κ2) is 4.54. The fraction of sp³-hybridized carbons (Fsp3) is 0.222. The van der Waals surface area contributed by atoms with Gasteiger partial charge in [0.25, 0.3) is 0 Å². The van der Waals surface area contributed by atoms with E-state index in [4.69, 9.17) is 5.26 Å². The van der Waals surface area contributed by atoms with Crippen molar-refractivity contribution in [3.63, 3.8) is 0 Å². The van der Waals surface area contributed by atoms with Gasteiger partial charge in [-0.05, 0) is 24.0 Å². The van der Waals surface area contributed by atoms with E-state index in [2.05, 4.69) is 28.9 Å². The van der Waals surface area contributed by atoms with Gasteiger partial charge >= 0.3 is 0 Å². The smallest absolute Gasteiger partial charge is 0.100 e. The van der Waals surface area contributed by atoms with Crippen LogP contribution < -0.4 is 0 Å². The molecule has 0 fully saturated rings. The van der Waals surface area contributed by atoms with Crippen molar-refractivity contribution in [3.05, 3.63) is 28.2 Å². The highest BCUT2D eigenvalue weighted by molar-refractivity contribution is 9.10. The third-order valence-corrected chi connectivity index (χ3v) is 2.79. The Morgan fingerprint density at radius 2 is 2.33 bits per heavy atom. The van der Waals surface area contributed by atoms with Crippen LogP contribution >= 0.6 is 27.7 Å². The van der Waals surface area contributed by atoms with E-state index in [1.165, 1.54) is 0 Å². The number of hydrogen-bond donors (Lipinski definition) is 0. The SMILES string of the molecule is CCSc1cc(Br)ccc1C#N. The molecule has 12 heavy (non-hydrogen) atoms. The van der Waals surface area contributed by atoms with Gasteiger partial charge in [0.05, 0.1) is 5.56 Å². The van der Waals surface area contributed by atoms with Gasteiger partial charge in [-0.3, -0.25) is 0 Å². The monoisotopic (exact) mass is 241 g/mol. The van der Waals surface area contributed by atoms with Gasteiger partial charge in [-0.25, -0.2) is 0 Å². The summed E-state index contributed by atoms with van der Waals surface area (Å²) < 4.78 is 1.03. The molecule has 0 saturated heterocycles. The molecule has 0 bridgehead atoms. The van der Waals surface area contributed by atoms with Crippen LogP contribution in [0.15, 0.2) is 27.6 Å². The minimum absolute atomic E-state index is 0.755. The number of halogens is 1. The molecule has 0 spiro atoms. The van der Waals surface area contributed by atoms with Crippen molar-refractivity contribution in [1.82, 2.24) is 0 Å². The van der Waals surface area contributed by atoms with E-state index >= 15 is 0 Å². The van der Waals surface area contributed by atoms with Crippen LogP contribution in [-0.4, -0.2) is 5.75 Å². The van der Waals surface area contributed by atoms with Gasteiger partial charge in [-0.1, -0.05) is 22.9 Å². The van der Waals surface area contributed by atoms with Crippen molar-refractivity contribution in [2.24, 2.45) is 0 Å². The quantitative estimate of drug-likeness (QED) is 0.742. The molecule has 0 N–H and O–H groups in total. The lowest BCUT2D eigenvalue weighted by atomic mass is 10.2. The zero-order chi connectivity index (χ0) is 8.97. The molecular formula is C9H8BrNS. The van der Waals surface area contributed by atoms with Crippen molar-refractivity contribution in [3.8, 4) is 6.07 Å². The first-order chi connectivity index (χ1) is 5.77. The van der Waals surface area contributed by atoms with E-state index in [1.54, 1.807) is 11.8 Å². The van der Waals surface area contributed by atoms with Crippen LogP contribution in [0.1, 0.15) is 12.5 Å². The summed E-state index contributed by atoms with van der Waals surface area (Å²) in [6, 6.07) is 7.87. The Morgan fingerprint density at radius 1 is 1.58 bits per heavy atom. The van der Waals surface area contributed by atoms with Gasteiger partial charge in [-0.15, -0.1) is 11.8 Å². The molecule has 0 aromatic heterocycles. The Balaban J connectivity index is 3.06. The molecule has 1 rings (SSSR count). The highest BCUT2D eigenvalue weighted by Crippen LogP contribution is 2.25. The lowest BCUT2D eigenvalue weighted by molar-refractivity contribution is 1.34. The summed E-state index contributed by atoms with van der Waals surface area (Å²) in [5, 5.41) is 8.76. The van der Waals surface area contributed by atoms with Gasteiger partial charge < -0.3 is 0 Å². The van der Waals surface area contributed by atoms with Crippen LogP contribution in [0.4, 0.5) is 0 Å². The Bertz CT molecular complexity index is 317. The molecular weight excluding hydrogens is 234 g/mol. The normalized spacial score (nSPS) is 9.42. The number of thioether (sulfide) groups is 1. The standard InChI is InChI=1S/C9H8BrNS/c1-2-12-9-5-8(10)4-3-7(9)6-11/h3-5H,2H2,1H3. The summed E-state index contributed by atoms with van der Waals surface area (Å²) in [7, 11) is 0. The van der Waals surface area contributed by atoms with Crippen molar-refractivity contribution < 1.29 is 0 Å². The number of rotatable bonds is 2. The molecule has 1 aromatic carbocycles. The molecule has 0 aliphatic carbocycles. The second-order valence-corrected chi connectivity index (χ2v) is 4.41. The number of nitrogens with zero attached hydrogens (tertiary/aromatic N) is 1. The van der Waals surface area contributed by atoms with Gasteiger partial charge in [0.15, 0.2) is 0 Å². The predicted octanol–water partition coefficient (Wildman–Crippen LogP) is 3.43. The van der Waals surface area contributed by atoms with E-state index in [1.807, 2.05) is 18.2 Å². The molecule has 0 amide bonds. The van der Waals surface area contributed by atoms with E-state index in [-0.39, 0.29) is 0 Å². The molecule has 62 valence electrons. The van der Waals surface area contributed by atoms with Crippen molar-refractivity contribution in [2.45, 2.75) is 11.8 Å². The summed E-state index contributed by atoms with van der Waals surface area (Å²) in [6.07, 6.45) is 0. The fourth-order valence-corrected chi connectivity index (χ4v) is 2.17. The number of nitriles is 1. The van der Waals surface area contributed by atoms with Gasteiger partial charge in [0.1, 0.15) is 6.07 Å². The molecule has 1 aromatic rings. The van der Waals surface area contributed by atoms with Crippen LogP contribution in [0.3, 0.4) is 0 Å². The Kier molecular flexibility index (Phi) is 3.64. The maximum absolute atomic E-state index is 8.76. The molecule has 0 aliphatic rings. The van der Waals surface area contributed by atoms with E-state index < -0.39 is 0 Å². The van der Waals surface area contributed by atoms with Crippen molar-refractivity contribution >= 4 is 27.7 Å². The largest absolute Gasteiger partial charge is 0.192 e. The maximum atomic E-state index is 8.76. The average Bonchev–Trinajstić information content (AvgIpc) is 2.05. The first-order valence-electron chi connectivity index (χ1n) is 3.60. The topological polar surface area (TPSA) is 23.8 Å². The minimum Gasteiger partial charge on any atom is -0.192 e. The fourth-order valence-electron chi connectivity index (χ4n) is 0.863. The van der Waals surface area contributed by atoms with Crippen molar-refractivity contribution in [1.29, 1.82) is 5.26 Å². The Morgan fingerprint density at radius 3 is 2.92 bits per heavy atom. The number of hydrogen-bond acceptors (Lipinski definition) is 2. The lowest BCUT2D eigenvalue weighted by Gasteiger charge is -2.01. The van der Waals surface area contributed by atoms with E-state index in [9.17, 15) is 0 Å². The summed E-state index contributed by atoms with van der Waals surface area (Å²) in [5.41, 5.74) is 0.755. The molecule has 0 radical (unpaired) electrons. The molecule has 0 aliphatic heterocycles. The molecule has 0 saturated carbocycles. The summed E-state index contributed by atoms with van der Waals surface area (Å²) in [4.78, 5) is 1.05. The van der Waals surface area contributed by atoms with Gasteiger partial charge in [-0.2, -0.15) is 5.26 Å². The van der Waals surface area contributed by atoms with Crippen molar-refractivity contribution in [2.75, 3.05) is 5.75 Å². The minimum atomic E-state index is 0.755. The average molecular weight is 242 g/mol. The molecule has 0 atom stereocenters. The van der Waals surface area contributed by atoms with Crippen LogP contribution in [-0.2, 0) is 0 Å². The summed E-state index contributed by atoms with van der Waals surface area (Å²) in [5.74, 6) is 0.991. The molecule has 0 unspecified atom stereocenters. The highest BCUT2D eigenvalue weighted by Gasteiger charge is 2.01. The molecule has 3 heteroatoms. The summed E-state index contributed by atoms with van der Waals surface area (Å²) in [6.45, 7) is 2.08. The predicted molar refractivity (Wildman–Crippen MR) is 55.3 cm³/mol. The Labute approximate surface area is 84.9 Å². The van der Waals surface area contributed by atoms with Crippen LogP contribution in [0, 0.1) is 11.3 Å². The first-order valence-corrected chi connectivity index (χ1v) is 5.38. The molecule has 0 heterocycles. The van der Waals surface area contributed by atoms with E-state index in [0.29, 0.717) is 0 Å². The van der Waals surface area contributed by atoms with E-state index in [0.717, 1.165) is 20.7 Å². The molecule has 1 nitrogen and oxygen atoms in total. The van der Waals surface area contributed by atoms with Crippen LogP contribution in [0.5, 0.6) is 0 Å². The third kappa shape index (κ3) is 2.26. The van der Waals surface area contributed by atoms with Gasteiger partial charge in [0.2, 0.25) is 0 Å². The zero-order valence-corrected chi connectivity index (χ0v) is 9.08. The number of benzene rings is 1. The Hall–Kier alpha value is -0.460. The maximum Gasteiger partial charge on any atom is 0.100 e. The first kappa shape index (κ1) is 9.63.